The largest absolute Gasteiger partial charge is 0.479 e. The van der Waals surface area contributed by atoms with Crippen LogP contribution in [-0.2, 0) is 0 Å². The number of halogens is 3. The Hall–Kier alpha value is -2.49. The molecule has 7 nitrogen and oxygen atoms in total. The van der Waals surface area contributed by atoms with Gasteiger partial charge in [0, 0.05) is 6.20 Å². The van der Waals surface area contributed by atoms with Crippen molar-refractivity contribution < 1.29 is 18.3 Å². The lowest BCUT2D eigenvalue weighted by Crippen LogP contribution is -2.37. The van der Waals surface area contributed by atoms with Gasteiger partial charge in [0.2, 0.25) is 5.95 Å². The normalized spacial score (nSPS) is 11.3. The Morgan fingerprint density at radius 1 is 1.11 bits per heavy atom. The first kappa shape index (κ1) is 13.0. The molecule has 2 heterocycles. The SMILES string of the molecule is Oc1nc(NNC(F)(F)F)nc(-c2ccccn2)n1. The predicted molar refractivity (Wildman–Crippen MR) is 57.5 cm³/mol. The van der Waals surface area contributed by atoms with E-state index in [-0.39, 0.29) is 11.5 Å². The molecule has 0 saturated heterocycles. The standard InChI is InChI=1S/C9H7F3N6O/c10-9(11,12)18-17-7-14-6(15-8(19)16-7)5-3-1-2-4-13-5/h1-4,18H,(H2,14,15,16,17,19). The van der Waals surface area contributed by atoms with E-state index in [1.54, 1.807) is 17.6 Å². The van der Waals surface area contributed by atoms with Crippen molar-refractivity contribution >= 4 is 5.95 Å². The molecule has 0 aliphatic heterocycles. The number of hydrogen-bond donors (Lipinski definition) is 3. The minimum atomic E-state index is -4.66. The first-order valence-electron chi connectivity index (χ1n) is 4.90. The molecular formula is C9H7F3N6O. The van der Waals surface area contributed by atoms with Crippen LogP contribution >= 0.6 is 0 Å². The summed E-state index contributed by atoms with van der Waals surface area (Å²) in [4.78, 5) is 14.5. The number of pyridine rings is 1. The van der Waals surface area contributed by atoms with Gasteiger partial charge in [0.15, 0.2) is 5.82 Å². The van der Waals surface area contributed by atoms with Gasteiger partial charge >= 0.3 is 12.3 Å². The molecule has 0 fully saturated rings. The van der Waals surface area contributed by atoms with Crippen molar-refractivity contribution in [2.75, 3.05) is 5.43 Å². The van der Waals surface area contributed by atoms with Crippen LogP contribution in [0, 0.1) is 0 Å². The summed E-state index contributed by atoms with van der Waals surface area (Å²) in [5.41, 5.74) is 3.01. The molecule has 0 aliphatic rings. The third-order valence-electron chi connectivity index (χ3n) is 1.83. The third kappa shape index (κ3) is 3.74. The minimum Gasteiger partial charge on any atom is -0.479 e. The van der Waals surface area contributed by atoms with Crippen molar-refractivity contribution in [1.29, 1.82) is 0 Å². The number of hydrogen-bond acceptors (Lipinski definition) is 7. The van der Waals surface area contributed by atoms with Gasteiger partial charge in [-0.3, -0.25) is 10.4 Å². The Labute approximate surface area is 104 Å². The number of aromatic hydroxyl groups is 1. The van der Waals surface area contributed by atoms with Gasteiger partial charge in [-0.2, -0.15) is 28.1 Å². The van der Waals surface area contributed by atoms with E-state index in [9.17, 15) is 18.3 Å². The summed E-state index contributed by atoms with van der Waals surface area (Å²) in [5.74, 6) is -0.537. The number of anilines is 1. The molecule has 0 bridgehead atoms. The zero-order valence-electron chi connectivity index (χ0n) is 9.18. The maximum atomic E-state index is 11.9. The second-order valence-corrected chi connectivity index (χ2v) is 3.25. The smallest absolute Gasteiger partial charge is 0.474 e. The summed E-state index contributed by atoms with van der Waals surface area (Å²) < 4.78 is 35.8. The zero-order valence-corrected chi connectivity index (χ0v) is 9.18. The summed E-state index contributed by atoms with van der Waals surface area (Å²) >= 11 is 0. The minimum absolute atomic E-state index is 0.0559. The molecular weight excluding hydrogens is 265 g/mol. The Morgan fingerprint density at radius 2 is 1.89 bits per heavy atom. The molecule has 0 aromatic carbocycles. The van der Waals surface area contributed by atoms with Gasteiger partial charge in [-0.05, 0) is 12.1 Å². The number of hydrazine groups is 1. The van der Waals surface area contributed by atoms with Crippen molar-refractivity contribution in [1.82, 2.24) is 25.4 Å². The molecule has 2 rings (SSSR count). The van der Waals surface area contributed by atoms with E-state index >= 15 is 0 Å². The van der Waals surface area contributed by atoms with Gasteiger partial charge in [-0.1, -0.05) is 6.07 Å². The summed E-state index contributed by atoms with van der Waals surface area (Å²) in [6, 6.07) is 4.11. The van der Waals surface area contributed by atoms with E-state index in [4.69, 9.17) is 0 Å². The number of nitrogens with one attached hydrogen (secondary N) is 2. The fourth-order valence-corrected chi connectivity index (χ4v) is 1.16. The van der Waals surface area contributed by atoms with Crippen molar-refractivity contribution in [2.45, 2.75) is 6.30 Å². The molecule has 0 saturated carbocycles. The molecule has 3 N–H and O–H groups in total. The van der Waals surface area contributed by atoms with Gasteiger partial charge < -0.3 is 5.11 Å². The quantitative estimate of drug-likeness (QED) is 0.568. The molecule has 10 heteroatoms. The topological polar surface area (TPSA) is 95.9 Å². The number of nitrogens with zero attached hydrogens (tertiary/aromatic N) is 4. The van der Waals surface area contributed by atoms with E-state index in [0.29, 0.717) is 0 Å². The molecule has 19 heavy (non-hydrogen) atoms. The highest BCUT2D eigenvalue weighted by molar-refractivity contribution is 5.50. The van der Waals surface area contributed by atoms with Gasteiger partial charge in [0.25, 0.3) is 0 Å². The van der Waals surface area contributed by atoms with Crippen LogP contribution in [0.1, 0.15) is 0 Å². The Balaban J connectivity index is 2.25. The maximum absolute atomic E-state index is 11.9. The molecule has 0 radical (unpaired) electrons. The van der Waals surface area contributed by atoms with Crippen LogP contribution in [0.25, 0.3) is 11.5 Å². The van der Waals surface area contributed by atoms with Crippen LogP contribution in [0.5, 0.6) is 6.01 Å². The van der Waals surface area contributed by atoms with E-state index in [2.05, 4.69) is 19.9 Å². The second-order valence-electron chi connectivity index (χ2n) is 3.25. The highest BCUT2D eigenvalue weighted by Crippen LogP contribution is 2.16. The zero-order chi connectivity index (χ0) is 13.9. The number of aromatic nitrogens is 4. The predicted octanol–water partition coefficient (Wildman–Crippen LogP) is 1.08. The van der Waals surface area contributed by atoms with Crippen molar-refractivity contribution in [2.24, 2.45) is 0 Å². The monoisotopic (exact) mass is 272 g/mol. The third-order valence-corrected chi connectivity index (χ3v) is 1.83. The molecule has 0 atom stereocenters. The summed E-state index contributed by atoms with van der Waals surface area (Å²) in [7, 11) is 0. The Bertz CT molecular complexity index is 562. The van der Waals surface area contributed by atoms with Gasteiger partial charge in [0.1, 0.15) is 5.69 Å². The summed E-state index contributed by atoms with van der Waals surface area (Å²) in [6.45, 7) is 0. The number of alkyl halides is 3. The average Bonchev–Trinajstić information content (AvgIpc) is 2.36. The van der Waals surface area contributed by atoms with E-state index in [1.165, 1.54) is 12.3 Å². The maximum Gasteiger partial charge on any atom is 0.474 e. The van der Waals surface area contributed by atoms with Crippen LogP contribution in [0.2, 0.25) is 0 Å². The van der Waals surface area contributed by atoms with Gasteiger partial charge in [-0.15, -0.1) is 5.43 Å². The van der Waals surface area contributed by atoms with Crippen molar-refractivity contribution in [3.8, 4) is 17.5 Å². The fraction of sp³-hybridized carbons (Fsp3) is 0.111. The van der Waals surface area contributed by atoms with Crippen LogP contribution in [0.3, 0.4) is 0 Å². The lowest BCUT2D eigenvalue weighted by atomic mass is 10.3. The van der Waals surface area contributed by atoms with E-state index < -0.39 is 18.3 Å². The average molecular weight is 272 g/mol. The van der Waals surface area contributed by atoms with Gasteiger partial charge in [0.05, 0.1) is 0 Å². The Morgan fingerprint density at radius 3 is 2.53 bits per heavy atom. The summed E-state index contributed by atoms with van der Waals surface area (Å²) in [5, 5.41) is 9.25. The molecule has 2 aromatic heterocycles. The van der Waals surface area contributed by atoms with Crippen molar-refractivity contribution in [3.63, 3.8) is 0 Å². The number of rotatable bonds is 3. The van der Waals surface area contributed by atoms with Gasteiger partial charge in [-0.25, -0.2) is 0 Å². The van der Waals surface area contributed by atoms with E-state index in [0.717, 1.165) is 5.43 Å². The molecule has 0 aliphatic carbocycles. The Kier molecular flexibility index (Phi) is 3.42. The molecule has 0 amide bonds. The lowest BCUT2D eigenvalue weighted by molar-refractivity contribution is -0.151. The molecule has 0 unspecified atom stereocenters. The first-order valence-corrected chi connectivity index (χ1v) is 4.90. The molecule has 0 spiro atoms. The molecule has 100 valence electrons. The van der Waals surface area contributed by atoms with Crippen LogP contribution in [0.4, 0.5) is 19.1 Å². The lowest BCUT2D eigenvalue weighted by Gasteiger charge is -2.10. The fourth-order valence-electron chi connectivity index (χ4n) is 1.16. The van der Waals surface area contributed by atoms with Crippen LogP contribution in [-0.4, -0.2) is 31.3 Å². The molecule has 2 aromatic rings. The van der Waals surface area contributed by atoms with Crippen LogP contribution in [0.15, 0.2) is 24.4 Å². The van der Waals surface area contributed by atoms with Crippen molar-refractivity contribution in [3.05, 3.63) is 24.4 Å². The van der Waals surface area contributed by atoms with E-state index in [1.807, 2.05) is 0 Å². The highest BCUT2D eigenvalue weighted by atomic mass is 19.4. The summed E-state index contributed by atoms with van der Waals surface area (Å²) in [6.07, 6.45) is -3.20. The highest BCUT2D eigenvalue weighted by Gasteiger charge is 2.27. The van der Waals surface area contributed by atoms with Crippen LogP contribution < -0.4 is 10.9 Å². The first-order chi connectivity index (χ1) is 8.94. The second kappa shape index (κ2) is 5.02.